The number of aliphatic hydroxyl groups is 1. The fourth-order valence-electron chi connectivity index (χ4n) is 1.85. The lowest BCUT2D eigenvalue weighted by atomic mass is 9.96. The normalized spacial score (nSPS) is 14.7. The van der Waals surface area contributed by atoms with Gasteiger partial charge in [-0.2, -0.15) is 0 Å². The molecule has 2 rings (SSSR count). The van der Waals surface area contributed by atoms with Crippen LogP contribution in [0.3, 0.4) is 0 Å². The second-order valence-corrected chi connectivity index (χ2v) is 3.82. The van der Waals surface area contributed by atoms with Crippen LogP contribution in [0, 0.1) is 10.1 Å². The minimum Gasteiger partial charge on any atom is -0.453 e. The molecule has 1 heterocycles. The van der Waals surface area contributed by atoms with Gasteiger partial charge >= 0.3 is 5.69 Å². The molecule has 1 aromatic rings. The fraction of sp³-hybridized carbons (Fsp3) is 0.455. The number of rotatable bonds is 4. The van der Waals surface area contributed by atoms with Crippen LogP contribution in [0.25, 0.3) is 0 Å². The summed E-state index contributed by atoms with van der Waals surface area (Å²) < 4.78 is 10.2. The molecule has 1 unspecified atom stereocenters. The van der Waals surface area contributed by atoms with Gasteiger partial charge in [0, 0.05) is 18.6 Å². The third-order valence-electron chi connectivity index (χ3n) is 2.86. The predicted octanol–water partition coefficient (Wildman–Crippen LogP) is 1.81. The van der Waals surface area contributed by atoms with E-state index in [0.29, 0.717) is 17.7 Å². The van der Waals surface area contributed by atoms with Gasteiger partial charge in [0.1, 0.15) is 0 Å². The summed E-state index contributed by atoms with van der Waals surface area (Å²) in [6.07, 6.45) is 0.702. The van der Waals surface area contributed by atoms with Crippen LogP contribution in [0.5, 0.6) is 11.5 Å². The Bertz CT molecular complexity index is 442. The highest BCUT2D eigenvalue weighted by Gasteiger charge is 2.28. The van der Waals surface area contributed by atoms with Crippen LogP contribution in [0.1, 0.15) is 24.8 Å². The Kier molecular flexibility index (Phi) is 3.14. The third-order valence-corrected chi connectivity index (χ3v) is 2.86. The summed E-state index contributed by atoms with van der Waals surface area (Å²) in [5.74, 6) is 0.427. The molecule has 0 aromatic heterocycles. The van der Waals surface area contributed by atoms with Crippen molar-refractivity contribution in [1.29, 1.82) is 0 Å². The molecule has 0 bridgehead atoms. The molecule has 6 nitrogen and oxygen atoms in total. The summed E-state index contributed by atoms with van der Waals surface area (Å²) in [4.78, 5) is 10.4. The number of benzene rings is 1. The summed E-state index contributed by atoms with van der Waals surface area (Å²) >= 11 is 0. The molecule has 0 radical (unpaired) electrons. The van der Waals surface area contributed by atoms with Gasteiger partial charge in [-0.15, -0.1) is 0 Å². The molecule has 1 N–H and O–H groups in total. The zero-order valence-corrected chi connectivity index (χ0v) is 9.38. The van der Waals surface area contributed by atoms with E-state index in [-0.39, 0.29) is 30.8 Å². The Labute approximate surface area is 97.9 Å². The highest BCUT2D eigenvalue weighted by atomic mass is 16.7. The second kappa shape index (κ2) is 4.58. The lowest BCUT2D eigenvalue weighted by Crippen LogP contribution is -2.03. The number of fused-ring (bicyclic) bond motifs is 1. The maximum atomic E-state index is 10.9. The summed E-state index contributed by atoms with van der Waals surface area (Å²) in [7, 11) is 0. The van der Waals surface area contributed by atoms with Crippen LogP contribution in [0.4, 0.5) is 5.69 Å². The van der Waals surface area contributed by atoms with Crippen LogP contribution in [-0.2, 0) is 0 Å². The van der Waals surface area contributed by atoms with Gasteiger partial charge in [-0.1, -0.05) is 6.92 Å². The maximum Gasteiger partial charge on any atom is 0.315 e. The van der Waals surface area contributed by atoms with E-state index in [2.05, 4.69) is 0 Å². The minimum atomic E-state index is -0.499. The van der Waals surface area contributed by atoms with Crippen molar-refractivity contribution in [2.24, 2.45) is 0 Å². The smallest absolute Gasteiger partial charge is 0.315 e. The first kappa shape index (κ1) is 11.7. The van der Waals surface area contributed by atoms with Gasteiger partial charge in [0.15, 0.2) is 5.75 Å². The van der Waals surface area contributed by atoms with Crippen molar-refractivity contribution in [3.63, 3.8) is 0 Å². The second-order valence-electron chi connectivity index (χ2n) is 3.82. The van der Waals surface area contributed by atoms with Crippen molar-refractivity contribution in [2.75, 3.05) is 13.4 Å². The van der Waals surface area contributed by atoms with E-state index in [1.165, 1.54) is 6.07 Å². The van der Waals surface area contributed by atoms with E-state index in [1.54, 1.807) is 6.07 Å². The van der Waals surface area contributed by atoms with Gasteiger partial charge in [-0.05, 0) is 18.1 Å². The van der Waals surface area contributed by atoms with Gasteiger partial charge in [-0.25, -0.2) is 0 Å². The third kappa shape index (κ3) is 2.03. The zero-order valence-electron chi connectivity index (χ0n) is 9.38. The average Bonchev–Trinajstić information content (AvgIpc) is 2.77. The van der Waals surface area contributed by atoms with Crippen LogP contribution < -0.4 is 9.47 Å². The quantitative estimate of drug-likeness (QED) is 0.640. The van der Waals surface area contributed by atoms with E-state index in [1.807, 2.05) is 6.92 Å². The minimum absolute atomic E-state index is 0.00442. The number of aliphatic hydroxyl groups excluding tert-OH is 1. The van der Waals surface area contributed by atoms with Crippen molar-refractivity contribution in [2.45, 2.75) is 19.3 Å². The monoisotopic (exact) mass is 239 g/mol. The fourth-order valence-corrected chi connectivity index (χ4v) is 1.85. The average molecular weight is 239 g/mol. The van der Waals surface area contributed by atoms with E-state index >= 15 is 0 Å². The molecule has 92 valence electrons. The van der Waals surface area contributed by atoms with Crippen LogP contribution in [0.15, 0.2) is 12.1 Å². The molecule has 0 saturated carbocycles. The van der Waals surface area contributed by atoms with Gasteiger partial charge < -0.3 is 14.6 Å². The van der Waals surface area contributed by atoms with Crippen LogP contribution in [-0.4, -0.2) is 23.4 Å². The van der Waals surface area contributed by atoms with E-state index in [9.17, 15) is 15.2 Å². The Hall–Kier alpha value is -1.82. The largest absolute Gasteiger partial charge is 0.453 e. The molecule has 0 fully saturated rings. The molecule has 0 aliphatic carbocycles. The van der Waals surface area contributed by atoms with Gasteiger partial charge in [0.2, 0.25) is 12.5 Å². The molecule has 0 saturated heterocycles. The molecule has 6 heteroatoms. The summed E-state index contributed by atoms with van der Waals surface area (Å²) in [6.45, 7) is 1.86. The SMILES string of the molecule is CCC(CO)c1cc2c(c([N+](=O)[O-])c1)OCO2. The number of ether oxygens (including phenoxy) is 2. The molecule has 1 aromatic carbocycles. The Morgan fingerprint density at radius 1 is 1.53 bits per heavy atom. The van der Waals surface area contributed by atoms with Gasteiger partial charge in [0.25, 0.3) is 0 Å². The highest BCUT2D eigenvalue weighted by molar-refractivity contribution is 5.59. The van der Waals surface area contributed by atoms with Crippen molar-refractivity contribution in [3.05, 3.63) is 27.8 Å². The molecule has 1 aliphatic rings. The molecule has 1 aliphatic heterocycles. The zero-order chi connectivity index (χ0) is 12.4. The lowest BCUT2D eigenvalue weighted by Gasteiger charge is -2.12. The Morgan fingerprint density at radius 3 is 2.88 bits per heavy atom. The number of nitrogens with zero attached hydrogens (tertiary/aromatic N) is 1. The molecule has 1 atom stereocenters. The molecular weight excluding hydrogens is 226 g/mol. The van der Waals surface area contributed by atoms with E-state index < -0.39 is 4.92 Å². The Morgan fingerprint density at radius 2 is 2.29 bits per heavy atom. The standard InChI is InChI=1S/C11H13NO5/c1-2-7(5-13)8-3-9(12(14)15)11-10(4-8)16-6-17-11/h3-4,7,13H,2,5-6H2,1H3. The number of nitro benzene ring substituents is 1. The van der Waals surface area contributed by atoms with Gasteiger partial charge in [-0.3, -0.25) is 10.1 Å². The molecule has 0 spiro atoms. The van der Waals surface area contributed by atoms with Crippen molar-refractivity contribution in [3.8, 4) is 11.5 Å². The first-order chi connectivity index (χ1) is 8.17. The highest BCUT2D eigenvalue weighted by Crippen LogP contribution is 2.43. The maximum absolute atomic E-state index is 10.9. The van der Waals surface area contributed by atoms with Crippen molar-refractivity contribution >= 4 is 5.69 Å². The first-order valence-corrected chi connectivity index (χ1v) is 5.36. The predicted molar refractivity (Wildman–Crippen MR) is 59.3 cm³/mol. The lowest BCUT2D eigenvalue weighted by molar-refractivity contribution is -0.385. The van der Waals surface area contributed by atoms with E-state index in [4.69, 9.17) is 9.47 Å². The molecular formula is C11H13NO5. The Balaban J connectivity index is 2.49. The number of hydrogen-bond donors (Lipinski definition) is 1. The van der Waals surface area contributed by atoms with Gasteiger partial charge in [0.05, 0.1) is 4.92 Å². The summed E-state index contributed by atoms with van der Waals surface area (Å²) in [5.41, 5.74) is 0.591. The molecule has 17 heavy (non-hydrogen) atoms. The number of nitro groups is 1. The van der Waals surface area contributed by atoms with E-state index in [0.717, 1.165) is 0 Å². The van der Waals surface area contributed by atoms with Crippen LogP contribution in [0.2, 0.25) is 0 Å². The number of hydrogen-bond acceptors (Lipinski definition) is 5. The topological polar surface area (TPSA) is 81.8 Å². The van der Waals surface area contributed by atoms with Crippen LogP contribution >= 0.6 is 0 Å². The van der Waals surface area contributed by atoms with Crippen molar-refractivity contribution in [1.82, 2.24) is 0 Å². The molecule has 0 amide bonds. The summed E-state index contributed by atoms with van der Waals surface area (Å²) in [6, 6.07) is 3.14. The van der Waals surface area contributed by atoms with Crippen molar-refractivity contribution < 1.29 is 19.5 Å². The first-order valence-electron chi connectivity index (χ1n) is 5.36. The summed E-state index contributed by atoms with van der Waals surface area (Å²) in [5, 5.41) is 20.1.